The van der Waals surface area contributed by atoms with Crippen molar-refractivity contribution >= 4 is 17.1 Å². The lowest BCUT2D eigenvalue weighted by molar-refractivity contribution is -0.121. The predicted molar refractivity (Wildman–Crippen MR) is 109 cm³/mol. The number of aromatic nitrogens is 4. The van der Waals surface area contributed by atoms with Gasteiger partial charge in [-0.05, 0) is 31.9 Å². The Labute approximate surface area is 167 Å². The molecule has 0 bridgehead atoms. The molecule has 9 heteroatoms. The molecule has 0 aliphatic heterocycles. The molecule has 0 fully saturated rings. The molecule has 3 N–H and O–H groups in total. The largest absolute Gasteiger partial charge is 0.494 e. The number of hydrogen-bond acceptors (Lipinski definition) is 5. The fourth-order valence-corrected chi connectivity index (χ4v) is 2.87. The van der Waals surface area contributed by atoms with Crippen LogP contribution < -0.4 is 21.3 Å². The van der Waals surface area contributed by atoms with Gasteiger partial charge in [-0.1, -0.05) is 17.7 Å². The van der Waals surface area contributed by atoms with Gasteiger partial charge in [0.15, 0.2) is 5.65 Å². The van der Waals surface area contributed by atoms with Gasteiger partial charge in [-0.2, -0.15) is 0 Å². The van der Waals surface area contributed by atoms with Crippen LogP contribution >= 0.6 is 0 Å². The number of nitrogens with zero attached hydrogens (tertiary/aromatic N) is 2. The Hall–Kier alpha value is -3.36. The van der Waals surface area contributed by atoms with Crippen LogP contribution in [0.5, 0.6) is 5.75 Å². The van der Waals surface area contributed by atoms with E-state index in [4.69, 9.17) is 4.74 Å². The molecule has 2 heterocycles. The SMILES string of the molecule is Cc1ccc(OCCCCNC(=O)CCc2nc3c([nH]2)c(=O)[nH]c(=O)n3C)cc1. The molecule has 9 nitrogen and oxygen atoms in total. The van der Waals surface area contributed by atoms with Crippen molar-refractivity contribution in [3.05, 3.63) is 56.5 Å². The van der Waals surface area contributed by atoms with Crippen molar-refractivity contribution in [1.29, 1.82) is 0 Å². The molecule has 0 unspecified atom stereocenters. The van der Waals surface area contributed by atoms with E-state index in [1.165, 1.54) is 17.2 Å². The zero-order valence-electron chi connectivity index (χ0n) is 16.6. The molecule has 2 aromatic heterocycles. The summed E-state index contributed by atoms with van der Waals surface area (Å²) in [5.41, 5.74) is 0.668. The predicted octanol–water partition coefficient (Wildman–Crippen LogP) is 1.17. The maximum Gasteiger partial charge on any atom is 0.329 e. The molecule has 0 saturated heterocycles. The van der Waals surface area contributed by atoms with Crippen molar-refractivity contribution in [3.8, 4) is 5.75 Å². The highest BCUT2D eigenvalue weighted by Gasteiger charge is 2.11. The summed E-state index contributed by atoms with van der Waals surface area (Å²) in [4.78, 5) is 44.7. The molecule has 0 saturated carbocycles. The highest BCUT2D eigenvalue weighted by atomic mass is 16.5. The second kappa shape index (κ2) is 9.22. The van der Waals surface area contributed by atoms with Crippen LogP contribution in [0.3, 0.4) is 0 Å². The van der Waals surface area contributed by atoms with Gasteiger partial charge in [0.05, 0.1) is 6.61 Å². The van der Waals surface area contributed by atoms with E-state index in [1.54, 1.807) is 0 Å². The summed E-state index contributed by atoms with van der Waals surface area (Å²) >= 11 is 0. The molecule has 1 amide bonds. The Morgan fingerprint density at radius 1 is 1.17 bits per heavy atom. The topological polar surface area (TPSA) is 122 Å². The smallest absolute Gasteiger partial charge is 0.329 e. The number of aryl methyl sites for hydroxylation is 3. The molecule has 0 spiro atoms. The van der Waals surface area contributed by atoms with E-state index in [0.29, 0.717) is 25.4 Å². The van der Waals surface area contributed by atoms with E-state index < -0.39 is 11.2 Å². The number of ether oxygens (including phenoxy) is 1. The lowest BCUT2D eigenvalue weighted by Gasteiger charge is -2.07. The second-order valence-corrected chi connectivity index (χ2v) is 6.92. The first-order valence-corrected chi connectivity index (χ1v) is 9.58. The number of nitrogens with one attached hydrogen (secondary N) is 3. The number of carbonyl (C=O) groups excluding carboxylic acids is 1. The number of aromatic amines is 2. The normalized spacial score (nSPS) is 11.0. The molecular weight excluding hydrogens is 374 g/mol. The van der Waals surface area contributed by atoms with Crippen molar-refractivity contribution in [2.75, 3.05) is 13.2 Å². The number of benzene rings is 1. The fourth-order valence-electron chi connectivity index (χ4n) is 2.87. The summed E-state index contributed by atoms with van der Waals surface area (Å²) in [7, 11) is 1.53. The number of rotatable bonds is 9. The number of amides is 1. The molecule has 0 atom stereocenters. The maximum atomic E-state index is 12.0. The molecule has 3 rings (SSSR count). The van der Waals surface area contributed by atoms with E-state index >= 15 is 0 Å². The highest BCUT2D eigenvalue weighted by molar-refractivity contribution is 5.76. The second-order valence-electron chi connectivity index (χ2n) is 6.92. The van der Waals surface area contributed by atoms with Gasteiger partial charge in [0.2, 0.25) is 5.91 Å². The molecule has 154 valence electrons. The van der Waals surface area contributed by atoms with Gasteiger partial charge in [0, 0.05) is 26.4 Å². The van der Waals surface area contributed by atoms with E-state index in [-0.39, 0.29) is 23.5 Å². The molecule has 0 radical (unpaired) electrons. The standard InChI is InChI=1S/C20H25N5O4/c1-13-5-7-14(8-6-13)29-12-4-3-11-21-16(26)10-9-15-22-17-18(23-15)25(2)20(28)24-19(17)27/h5-8H,3-4,9-12H2,1-2H3,(H,21,26)(H,22,23)(H,24,27,28). The lowest BCUT2D eigenvalue weighted by Crippen LogP contribution is -2.28. The monoisotopic (exact) mass is 399 g/mol. The van der Waals surface area contributed by atoms with Gasteiger partial charge in [-0.25, -0.2) is 9.78 Å². The number of carbonyl (C=O) groups is 1. The van der Waals surface area contributed by atoms with E-state index in [0.717, 1.165) is 18.6 Å². The number of H-pyrrole nitrogens is 2. The number of fused-ring (bicyclic) bond motifs is 1. The average molecular weight is 399 g/mol. The van der Waals surface area contributed by atoms with Gasteiger partial charge in [0.1, 0.15) is 17.1 Å². The molecule has 0 aliphatic carbocycles. The van der Waals surface area contributed by atoms with Crippen LogP contribution in [0.2, 0.25) is 0 Å². The van der Waals surface area contributed by atoms with Crippen molar-refractivity contribution < 1.29 is 9.53 Å². The summed E-state index contributed by atoms with van der Waals surface area (Å²) < 4.78 is 6.91. The Morgan fingerprint density at radius 3 is 2.69 bits per heavy atom. The van der Waals surface area contributed by atoms with Crippen LogP contribution in [-0.4, -0.2) is 38.6 Å². The third-order valence-electron chi connectivity index (χ3n) is 4.58. The molecule has 1 aromatic carbocycles. The number of hydrogen-bond donors (Lipinski definition) is 3. The molecule has 3 aromatic rings. The van der Waals surface area contributed by atoms with E-state index in [9.17, 15) is 14.4 Å². The first-order chi connectivity index (χ1) is 13.9. The van der Waals surface area contributed by atoms with Crippen LogP contribution in [0.15, 0.2) is 33.9 Å². The zero-order chi connectivity index (χ0) is 20.8. The molecular formula is C20H25N5O4. The zero-order valence-corrected chi connectivity index (χ0v) is 16.6. The van der Waals surface area contributed by atoms with Crippen molar-refractivity contribution in [3.63, 3.8) is 0 Å². The average Bonchev–Trinajstić information content (AvgIpc) is 3.14. The van der Waals surface area contributed by atoms with Gasteiger partial charge >= 0.3 is 5.69 Å². The fraction of sp³-hybridized carbons (Fsp3) is 0.400. The quantitative estimate of drug-likeness (QED) is 0.466. The Morgan fingerprint density at radius 2 is 1.93 bits per heavy atom. The van der Waals surface area contributed by atoms with E-state index in [1.807, 2.05) is 31.2 Å². The van der Waals surface area contributed by atoms with Gasteiger partial charge in [-0.3, -0.25) is 19.1 Å². The summed E-state index contributed by atoms with van der Waals surface area (Å²) in [5, 5.41) is 2.87. The first-order valence-electron chi connectivity index (χ1n) is 9.58. The number of unbranched alkanes of at least 4 members (excludes halogenated alkanes) is 1. The van der Waals surface area contributed by atoms with Crippen LogP contribution in [0, 0.1) is 6.92 Å². The minimum Gasteiger partial charge on any atom is -0.494 e. The van der Waals surface area contributed by atoms with Crippen LogP contribution in [-0.2, 0) is 18.3 Å². The van der Waals surface area contributed by atoms with Crippen LogP contribution in [0.4, 0.5) is 0 Å². The summed E-state index contributed by atoms with van der Waals surface area (Å²) in [5.74, 6) is 1.25. The van der Waals surface area contributed by atoms with Gasteiger partial charge < -0.3 is 15.0 Å². The molecule has 29 heavy (non-hydrogen) atoms. The van der Waals surface area contributed by atoms with Crippen LogP contribution in [0.1, 0.15) is 30.7 Å². The van der Waals surface area contributed by atoms with Crippen molar-refractivity contribution in [2.45, 2.75) is 32.6 Å². The number of imidazole rings is 1. The first kappa shape index (κ1) is 20.4. The van der Waals surface area contributed by atoms with Crippen molar-refractivity contribution in [1.82, 2.24) is 24.8 Å². The van der Waals surface area contributed by atoms with Crippen LogP contribution in [0.25, 0.3) is 11.2 Å². The lowest BCUT2D eigenvalue weighted by atomic mass is 10.2. The maximum absolute atomic E-state index is 12.0. The van der Waals surface area contributed by atoms with Gasteiger partial charge in [0.25, 0.3) is 5.56 Å². The Bertz CT molecular complexity index is 1090. The third-order valence-corrected chi connectivity index (χ3v) is 4.58. The Kier molecular flexibility index (Phi) is 6.48. The highest BCUT2D eigenvalue weighted by Crippen LogP contribution is 2.11. The Balaban J connectivity index is 1.37. The summed E-state index contributed by atoms with van der Waals surface area (Å²) in [6.07, 6.45) is 2.25. The minimum absolute atomic E-state index is 0.0901. The molecule has 0 aliphatic rings. The van der Waals surface area contributed by atoms with E-state index in [2.05, 4.69) is 20.3 Å². The van der Waals surface area contributed by atoms with Gasteiger partial charge in [-0.15, -0.1) is 0 Å². The third kappa shape index (κ3) is 5.34. The van der Waals surface area contributed by atoms with Crippen molar-refractivity contribution in [2.24, 2.45) is 7.05 Å². The minimum atomic E-state index is -0.523. The summed E-state index contributed by atoms with van der Waals surface area (Å²) in [6, 6.07) is 7.91. The summed E-state index contributed by atoms with van der Waals surface area (Å²) in [6.45, 7) is 3.21.